The van der Waals surface area contributed by atoms with E-state index in [0.717, 1.165) is 31.6 Å². The third-order valence-corrected chi connectivity index (χ3v) is 7.87. The van der Waals surface area contributed by atoms with Gasteiger partial charge in [-0.2, -0.15) is 23.5 Å². The predicted molar refractivity (Wildman–Crippen MR) is 101 cm³/mol. The van der Waals surface area contributed by atoms with Crippen molar-refractivity contribution in [2.45, 2.75) is 31.5 Å². The summed E-state index contributed by atoms with van der Waals surface area (Å²) in [5.41, 5.74) is 1.01. The van der Waals surface area contributed by atoms with Crippen LogP contribution in [0.2, 0.25) is 0 Å². The number of thioether (sulfide) groups is 2. The number of hydrogen-bond donors (Lipinski definition) is 0. The molecule has 2 atom stereocenters. The van der Waals surface area contributed by atoms with Crippen molar-refractivity contribution < 1.29 is 4.79 Å². The molecule has 0 aliphatic carbocycles. The van der Waals surface area contributed by atoms with Crippen molar-refractivity contribution in [2.75, 3.05) is 36.1 Å². The summed E-state index contributed by atoms with van der Waals surface area (Å²) in [6.45, 7) is 2.67. The quantitative estimate of drug-likeness (QED) is 0.824. The summed E-state index contributed by atoms with van der Waals surface area (Å²) in [5.74, 6) is 5.53. The first-order valence-electron chi connectivity index (χ1n) is 8.91. The zero-order valence-electron chi connectivity index (χ0n) is 14.0. The monoisotopic (exact) mass is 363 g/mol. The Morgan fingerprint density at radius 2 is 1.92 bits per heavy atom. The first kappa shape index (κ1) is 16.7. The van der Waals surface area contributed by atoms with Crippen LogP contribution in [0.4, 0.5) is 0 Å². The van der Waals surface area contributed by atoms with E-state index in [0.29, 0.717) is 24.5 Å². The average Bonchev–Trinajstić information content (AvgIpc) is 3.04. The Balaban J connectivity index is 1.50. The van der Waals surface area contributed by atoms with Crippen LogP contribution < -0.4 is 0 Å². The Labute approximate surface area is 152 Å². The highest BCUT2D eigenvalue weighted by atomic mass is 32.2. The molecule has 1 aromatic rings. The van der Waals surface area contributed by atoms with Gasteiger partial charge >= 0.3 is 0 Å². The minimum absolute atomic E-state index is 0.186. The van der Waals surface area contributed by atoms with Gasteiger partial charge in [0.15, 0.2) is 0 Å². The van der Waals surface area contributed by atoms with Crippen molar-refractivity contribution in [1.29, 1.82) is 0 Å². The van der Waals surface area contributed by atoms with Crippen molar-refractivity contribution in [3.8, 4) is 0 Å². The summed E-state index contributed by atoms with van der Waals surface area (Å²) >= 11 is 4.16. The third kappa shape index (κ3) is 3.60. The Morgan fingerprint density at radius 3 is 2.67 bits per heavy atom. The Bertz CT molecular complexity index is 563. The maximum atomic E-state index is 13.0. The van der Waals surface area contributed by atoms with Gasteiger partial charge in [-0.3, -0.25) is 14.7 Å². The first-order valence-corrected chi connectivity index (χ1v) is 11.2. The van der Waals surface area contributed by atoms with E-state index < -0.39 is 0 Å². The summed E-state index contributed by atoms with van der Waals surface area (Å²) in [4.78, 5) is 22.1. The maximum absolute atomic E-state index is 13.0. The molecule has 0 N–H and O–H groups in total. The number of piperidine rings is 1. The molecule has 4 fully saturated rings. The smallest absolute Gasteiger partial charge is 0.227 e. The molecule has 1 aromatic heterocycles. The molecule has 0 spiro atoms. The molecule has 130 valence electrons. The Morgan fingerprint density at radius 1 is 1.08 bits per heavy atom. The predicted octanol–water partition coefficient (Wildman–Crippen LogP) is 2.35. The van der Waals surface area contributed by atoms with Gasteiger partial charge in [-0.1, -0.05) is 6.07 Å². The lowest BCUT2D eigenvalue weighted by Gasteiger charge is -2.36. The summed E-state index contributed by atoms with van der Waals surface area (Å²) in [5, 5.41) is 0. The van der Waals surface area contributed by atoms with E-state index in [1.165, 1.54) is 23.0 Å². The summed E-state index contributed by atoms with van der Waals surface area (Å²) in [7, 11) is 0. The average molecular weight is 364 g/mol. The van der Waals surface area contributed by atoms with Crippen LogP contribution >= 0.6 is 23.5 Å². The molecule has 4 nitrogen and oxygen atoms in total. The van der Waals surface area contributed by atoms with Crippen LogP contribution in [0.5, 0.6) is 0 Å². The molecule has 2 bridgehead atoms. The lowest BCUT2D eigenvalue weighted by molar-refractivity contribution is -0.140. The van der Waals surface area contributed by atoms with Gasteiger partial charge in [0.1, 0.15) is 0 Å². The van der Waals surface area contributed by atoms with Gasteiger partial charge < -0.3 is 4.90 Å². The number of pyridine rings is 1. The Kier molecular flexibility index (Phi) is 5.34. The molecular formula is C18H25N3OS2. The minimum Gasteiger partial charge on any atom is -0.332 e. The lowest BCUT2D eigenvalue weighted by Crippen LogP contribution is -2.48. The third-order valence-electron chi connectivity index (χ3n) is 5.39. The van der Waals surface area contributed by atoms with Gasteiger partial charge in [-0.05, 0) is 25.0 Å². The molecule has 0 radical (unpaired) electrons. The van der Waals surface area contributed by atoms with E-state index in [4.69, 9.17) is 0 Å². The van der Waals surface area contributed by atoms with Gasteiger partial charge in [0.25, 0.3) is 0 Å². The second-order valence-electron chi connectivity index (χ2n) is 6.97. The first-order chi connectivity index (χ1) is 11.8. The molecule has 4 aliphatic heterocycles. The molecule has 0 saturated carbocycles. The fraction of sp³-hybridized carbons (Fsp3) is 0.667. The maximum Gasteiger partial charge on any atom is 0.227 e. The highest BCUT2D eigenvalue weighted by Gasteiger charge is 2.42. The topological polar surface area (TPSA) is 36.4 Å². The molecule has 4 saturated heterocycles. The molecule has 6 heteroatoms. The fourth-order valence-electron chi connectivity index (χ4n) is 4.06. The van der Waals surface area contributed by atoms with Gasteiger partial charge in [-0.15, -0.1) is 0 Å². The largest absolute Gasteiger partial charge is 0.332 e. The van der Waals surface area contributed by atoms with Gasteiger partial charge in [0, 0.05) is 54.4 Å². The molecule has 5 heterocycles. The SMILES string of the molecule is O=C1[C@@H]2CC[C@@H](CN(C3CSCCSC3)C2)N1Cc1ccccn1. The summed E-state index contributed by atoms with van der Waals surface area (Å²) in [6.07, 6.45) is 4.03. The van der Waals surface area contributed by atoms with E-state index in [1.54, 1.807) is 0 Å². The van der Waals surface area contributed by atoms with Crippen molar-refractivity contribution in [3.63, 3.8) is 0 Å². The van der Waals surface area contributed by atoms with E-state index >= 15 is 0 Å². The van der Waals surface area contributed by atoms with Crippen LogP contribution in [0.25, 0.3) is 0 Å². The molecule has 5 rings (SSSR count). The molecule has 1 amide bonds. The van der Waals surface area contributed by atoms with Crippen LogP contribution in [-0.4, -0.2) is 68.9 Å². The van der Waals surface area contributed by atoms with Gasteiger partial charge in [0.05, 0.1) is 18.2 Å². The fourth-order valence-corrected chi connectivity index (χ4v) is 6.69. The Hall–Kier alpha value is -0.720. The van der Waals surface area contributed by atoms with Crippen LogP contribution in [0.15, 0.2) is 24.4 Å². The normalized spacial score (nSPS) is 29.5. The number of hydrogen-bond acceptors (Lipinski definition) is 5. The summed E-state index contributed by atoms with van der Waals surface area (Å²) < 4.78 is 0. The van der Waals surface area contributed by atoms with Crippen LogP contribution in [0.3, 0.4) is 0 Å². The minimum atomic E-state index is 0.186. The highest BCUT2D eigenvalue weighted by molar-refractivity contribution is 8.03. The second-order valence-corrected chi connectivity index (χ2v) is 9.27. The van der Waals surface area contributed by atoms with E-state index in [1.807, 2.05) is 24.4 Å². The second kappa shape index (κ2) is 7.67. The number of nitrogens with zero attached hydrogens (tertiary/aromatic N) is 3. The molecule has 24 heavy (non-hydrogen) atoms. The highest BCUT2D eigenvalue weighted by Crippen LogP contribution is 2.32. The number of rotatable bonds is 3. The van der Waals surface area contributed by atoms with Gasteiger partial charge in [-0.25, -0.2) is 0 Å². The van der Waals surface area contributed by atoms with Crippen LogP contribution in [0.1, 0.15) is 18.5 Å². The standard InChI is InChI=1S/C18H25N3OS2/c22-18-14-4-5-16(21(18)10-15-3-1-2-6-19-15)11-20(9-14)17-12-23-7-8-24-13-17/h1-3,6,14,16-17H,4-5,7-13H2/t14-,16+/m1/s1. The van der Waals surface area contributed by atoms with Crippen LogP contribution in [0, 0.1) is 5.92 Å². The zero-order chi connectivity index (χ0) is 16.4. The van der Waals surface area contributed by atoms with E-state index in [9.17, 15) is 4.79 Å². The molecule has 0 aromatic carbocycles. The summed E-state index contributed by atoms with van der Waals surface area (Å²) in [6, 6.07) is 6.96. The molecular weight excluding hydrogens is 338 g/mol. The number of carbonyl (C=O) groups is 1. The van der Waals surface area contributed by atoms with E-state index in [2.05, 4.69) is 38.3 Å². The number of fused-ring (bicyclic) bond motifs is 4. The van der Waals surface area contributed by atoms with Gasteiger partial charge in [0.2, 0.25) is 5.91 Å². The van der Waals surface area contributed by atoms with Crippen molar-refractivity contribution in [3.05, 3.63) is 30.1 Å². The molecule has 4 aliphatic rings. The van der Waals surface area contributed by atoms with Crippen LogP contribution in [-0.2, 0) is 11.3 Å². The number of amides is 1. The van der Waals surface area contributed by atoms with E-state index in [-0.39, 0.29) is 5.92 Å². The zero-order valence-corrected chi connectivity index (χ0v) is 15.6. The van der Waals surface area contributed by atoms with Crippen molar-refractivity contribution >= 4 is 29.4 Å². The molecule has 0 unspecified atom stereocenters. The van der Waals surface area contributed by atoms with Crippen molar-refractivity contribution in [2.24, 2.45) is 5.92 Å². The number of aromatic nitrogens is 1. The lowest BCUT2D eigenvalue weighted by atomic mass is 9.94. The number of carbonyl (C=O) groups excluding carboxylic acids is 1. The van der Waals surface area contributed by atoms with Crippen molar-refractivity contribution in [1.82, 2.24) is 14.8 Å².